The van der Waals surface area contributed by atoms with Gasteiger partial charge in [-0.3, -0.25) is 9.59 Å². The molecule has 1 saturated heterocycles. The van der Waals surface area contributed by atoms with Gasteiger partial charge in [0.1, 0.15) is 6.54 Å². The van der Waals surface area contributed by atoms with Crippen LogP contribution in [0.1, 0.15) is 39.0 Å². The maximum absolute atomic E-state index is 12.3. The number of nitrogens with zero attached hydrogens (tertiary/aromatic N) is 2. The van der Waals surface area contributed by atoms with E-state index in [-0.39, 0.29) is 18.4 Å². The minimum absolute atomic E-state index is 0.105. The topological polar surface area (TPSA) is 40.6 Å². The van der Waals surface area contributed by atoms with E-state index in [1.165, 1.54) is 19.3 Å². The third kappa shape index (κ3) is 3.19. The van der Waals surface area contributed by atoms with Crippen LogP contribution >= 0.6 is 11.8 Å². The summed E-state index contributed by atoms with van der Waals surface area (Å²) in [6.07, 6.45) is 6.01. The van der Waals surface area contributed by atoms with Crippen molar-refractivity contribution in [3.8, 4) is 0 Å². The summed E-state index contributed by atoms with van der Waals surface area (Å²) in [7, 11) is 0. The van der Waals surface area contributed by atoms with Gasteiger partial charge in [0.05, 0.1) is 11.6 Å². The minimum Gasteiger partial charge on any atom is -0.338 e. The Morgan fingerprint density at radius 1 is 1.39 bits per heavy atom. The van der Waals surface area contributed by atoms with Crippen LogP contribution in [0.15, 0.2) is 0 Å². The Balaban J connectivity index is 1.90. The first-order valence-electron chi connectivity index (χ1n) is 6.87. The molecule has 4 nitrogen and oxygen atoms in total. The Hall–Kier alpha value is -0.710. The molecule has 0 aromatic rings. The lowest BCUT2D eigenvalue weighted by Gasteiger charge is -2.34. The molecule has 1 heterocycles. The number of thioether (sulfide) groups is 1. The zero-order valence-electron chi connectivity index (χ0n) is 11.1. The summed E-state index contributed by atoms with van der Waals surface area (Å²) in [5.74, 6) is 1.43. The van der Waals surface area contributed by atoms with Crippen molar-refractivity contribution in [1.82, 2.24) is 9.80 Å². The van der Waals surface area contributed by atoms with E-state index in [0.717, 1.165) is 19.4 Å². The van der Waals surface area contributed by atoms with Crippen LogP contribution in [0.4, 0.5) is 0 Å². The maximum Gasteiger partial charge on any atom is 0.242 e. The van der Waals surface area contributed by atoms with Gasteiger partial charge in [0.25, 0.3) is 0 Å². The van der Waals surface area contributed by atoms with E-state index in [9.17, 15) is 9.59 Å². The molecule has 0 bridgehead atoms. The molecule has 1 aliphatic carbocycles. The van der Waals surface area contributed by atoms with E-state index < -0.39 is 0 Å². The van der Waals surface area contributed by atoms with E-state index in [4.69, 9.17) is 0 Å². The summed E-state index contributed by atoms with van der Waals surface area (Å²) < 4.78 is 0. The Bertz CT molecular complexity index is 316. The van der Waals surface area contributed by atoms with Gasteiger partial charge in [0.15, 0.2) is 0 Å². The van der Waals surface area contributed by atoms with Crippen LogP contribution in [0.5, 0.6) is 0 Å². The summed E-state index contributed by atoms with van der Waals surface area (Å²) in [6, 6.07) is 0.404. The molecule has 2 aliphatic rings. The van der Waals surface area contributed by atoms with E-state index in [2.05, 4.69) is 0 Å². The summed E-state index contributed by atoms with van der Waals surface area (Å²) in [5.41, 5.74) is 0. The third-order valence-electron chi connectivity index (χ3n) is 3.83. The average molecular weight is 270 g/mol. The van der Waals surface area contributed by atoms with Crippen LogP contribution in [0, 0.1) is 0 Å². The molecule has 0 N–H and O–H groups in total. The highest BCUT2D eigenvalue weighted by atomic mass is 32.2. The summed E-state index contributed by atoms with van der Waals surface area (Å²) in [6.45, 7) is 3.07. The van der Waals surface area contributed by atoms with Crippen LogP contribution in [-0.4, -0.2) is 52.4 Å². The van der Waals surface area contributed by atoms with Crippen LogP contribution in [0.25, 0.3) is 0 Å². The van der Waals surface area contributed by atoms with E-state index in [1.54, 1.807) is 16.7 Å². The molecule has 0 radical (unpaired) electrons. The van der Waals surface area contributed by atoms with E-state index in [1.807, 2.05) is 11.8 Å². The van der Waals surface area contributed by atoms with Gasteiger partial charge in [-0.2, -0.15) is 0 Å². The van der Waals surface area contributed by atoms with Gasteiger partial charge < -0.3 is 9.80 Å². The van der Waals surface area contributed by atoms with Crippen LogP contribution in [-0.2, 0) is 9.59 Å². The lowest BCUT2D eigenvalue weighted by atomic mass is 9.94. The zero-order valence-corrected chi connectivity index (χ0v) is 11.9. The summed E-state index contributed by atoms with van der Waals surface area (Å²) in [5, 5.41) is 0. The fourth-order valence-corrected chi connectivity index (χ4v) is 3.73. The molecule has 1 saturated carbocycles. The highest BCUT2D eigenvalue weighted by Crippen LogP contribution is 2.23. The summed E-state index contributed by atoms with van der Waals surface area (Å²) >= 11 is 1.59. The molecule has 0 spiro atoms. The molecule has 1 aliphatic heterocycles. The number of hydrogen-bond acceptors (Lipinski definition) is 3. The predicted octanol–water partition coefficient (Wildman–Crippen LogP) is 1.70. The van der Waals surface area contributed by atoms with Gasteiger partial charge in [-0.15, -0.1) is 11.8 Å². The van der Waals surface area contributed by atoms with Crippen molar-refractivity contribution in [2.24, 2.45) is 0 Å². The van der Waals surface area contributed by atoms with Crippen LogP contribution in [0.2, 0.25) is 0 Å². The molecule has 5 heteroatoms. The first-order valence-corrected chi connectivity index (χ1v) is 8.03. The fourth-order valence-electron chi connectivity index (χ4n) is 2.83. The zero-order chi connectivity index (χ0) is 13.0. The Kier molecular flexibility index (Phi) is 4.92. The van der Waals surface area contributed by atoms with Crippen molar-refractivity contribution in [1.29, 1.82) is 0 Å². The highest BCUT2D eigenvalue weighted by Gasteiger charge is 2.28. The lowest BCUT2D eigenvalue weighted by Crippen LogP contribution is -2.46. The largest absolute Gasteiger partial charge is 0.338 e. The molecule has 18 heavy (non-hydrogen) atoms. The molecule has 2 fully saturated rings. The van der Waals surface area contributed by atoms with Gasteiger partial charge in [-0.1, -0.05) is 19.3 Å². The third-order valence-corrected chi connectivity index (χ3v) is 4.77. The van der Waals surface area contributed by atoms with Crippen molar-refractivity contribution in [2.75, 3.05) is 24.7 Å². The summed E-state index contributed by atoms with van der Waals surface area (Å²) in [4.78, 5) is 27.5. The number of carbonyl (C=O) groups excluding carboxylic acids is 2. The van der Waals surface area contributed by atoms with Crippen molar-refractivity contribution in [3.05, 3.63) is 0 Å². The van der Waals surface area contributed by atoms with Crippen molar-refractivity contribution in [2.45, 2.75) is 45.1 Å². The maximum atomic E-state index is 12.3. The monoisotopic (exact) mass is 270 g/mol. The van der Waals surface area contributed by atoms with E-state index in [0.29, 0.717) is 17.7 Å². The average Bonchev–Trinajstić information content (AvgIpc) is 2.77. The minimum atomic E-state index is 0.105. The first-order chi connectivity index (χ1) is 8.72. The van der Waals surface area contributed by atoms with Crippen LogP contribution in [0.3, 0.4) is 0 Å². The Morgan fingerprint density at radius 2 is 2.11 bits per heavy atom. The Labute approximate surface area is 113 Å². The predicted molar refractivity (Wildman–Crippen MR) is 73.3 cm³/mol. The smallest absolute Gasteiger partial charge is 0.242 e. The molecule has 0 aromatic carbocycles. The molecular formula is C13H22N2O2S. The Morgan fingerprint density at radius 3 is 2.67 bits per heavy atom. The number of amides is 2. The molecule has 0 atom stereocenters. The number of carbonyl (C=O) groups is 2. The fraction of sp³-hybridized carbons (Fsp3) is 0.846. The number of likely N-dealkylation sites (N-methyl/N-ethyl adjacent to an activating group) is 1. The molecule has 102 valence electrons. The van der Waals surface area contributed by atoms with Gasteiger partial charge in [-0.25, -0.2) is 0 Å². The van der Waals surface area contributed by atoms with E-state index >= 15 is 0 Å². The number of hydrogen-bond donors (Lipinski definition) is 0. The lowest BCUT2D eigenvalue weighted by molar-refractivity contribution is -0.139. The normalized spacial score (nSPS) is 21.4. The second kappa shape index (κ2) is 6.45. The van der Waals surface area contributed by atoms with Crippen LogP contribution < -0.4 is 0 Å². The molecule has 0 aromatic heterocycles. The van der Waals surface area contributed by atoms with Crippen molar-refractivity contribution < 1.29 is 9.59 Å². The van der Waals surface area contributed by atoms with Gasteiger partial charge in [0, 0.05) is 12.6 Å². The molecule has 0 unspecified atom stereocenters. The number of rotatable bonds is 4. The van der Waals surface area contributed by atoms with Gasteiger partial charge in [-0.05, 0) is 19.8 Å². The second-order valence-corrected chi connectivity index (χ2v) is 6.00. The van der Waals surface area contributed by atoms with Gasteiger partial charge in [0.2, 0.25) is 11.8 Å². The van der Waals surface area contributed by atoms with Crippen molar-refractivity contribution >= 4 is 23.6 Å². The van der Waals surface area contributed by atoms with Gasteiger partial charge >= 0.3 is 0 Å². The standard InChI is InChI=1S/C13H22N2O2S/c1-2-15(11-6-4-3-5-7-11)12(16)8-14-10-18-9-13(14)17/h11H,2-10H2,1H3. The van der Waals surface area contributed by atoms with Crippen molar-refractivity contribution in [3.63, 3.8) is 0 Å². The molecule has 2 amide bonds. The highest BCUT2D eigenvalue weighted by molar-refractivity contribution is 8.00. The SMILES string of the molecule is CCN(C(=O)CN1CSCC1=O)C1CCCCC1. The molecular weight excluding hydrogens is 248 g/mol. The quantitative estimate of drug-likeness (QED) is 0.780. The first kappa shape index (κ1) is 13.7. The molecule has 2 rings (SSSR count). The second-order valence-electron chi connectivity index (χ2n) is 5.04.